The topological polar surface area (TPSA) is 29.3 Å². The number of nitrogens with two attached hydrogens (primary N) is 1. The molecule has 0 saturated heterocycles. The maximum Gasteiger partial charge on any atom is 0.124 e. The molecule has 0 bridgehead atoms. The van der Waals surface area contributed by atoms with Crippen molar-refractivity contribution in [3.8, 4) is 0 Å². The van der Waals surface area contributed by atoms with E-state index in [2.05, 4.69) is 52.0 Å². The second-order valence-corrected chi connectivity index (χ2v) is 5.90. The Kier molecular flexibility index (Phi) is 5.37. The van der Waals surface area contributed by atoms with Crippen molar-refractivity contribution in [3.63, 3.8) is 0 Å². The van der Waals surface area contributed by atoms with Gasteiger partial charge in [0.2, 0.25) is 0 Å². The second-order valence-electron chi connectivity index (χ2n) is 5.05. The third-order valence-corrected chi connectivity index (χ3v) is 4.45. The molecule has 0 fully saturated rings. The van der Waals surface area contributed by atoms with E-state index in [-0.39, 0.29) is 11.9 Å². The average molecular weight is 351 g/mol. The van der Waals surface area contributed by atoms with Gasteiger partial charge in [0.1, 0.15) is 5.82 Å². The molecule has 0 aliphatic rings. The van der Waals surface area contributed by atoms with Gasteiger partial charge in [-0.2, -0.15) is 0 Å². The molecule has 0 saturated carbocycles. The van der Waals surface area contributed by atoms with Crippen molar-refractivity contribution in [2.45, 2.75) is 19.4 Å². The molecule has 0 radical (unpaired) electrons. The molecule has 0 amide bonds. The Bertz CT molecular complexity index is 598. The molecular formula is C17H20BrFN2. The number of benzene rings is 2. The summed E-state index contributed by atoms with van der Waals surface area (Å²) in [6.07, 6.45) is 1.02. The summed E-state index contributed by atoms with van der Waals surface area (Å²) in [6.45, 7) is 2.59. The van der Waals surface area contributed by atoms with Crippen LogP contribution in [-0.4, -0.2) is 13.6 Å². The standard InChI is InChI=1S/C17H20BrFN2/c1-3-12-4-7-14(8-5-12)21(2)17(11-20)15-9-6-13(19)10-16(15)18/h4-10,17H,3,11,20H2,1-2H3. The lowest BCUT2D eigenvalue weighted by atomic mass is 10.0. The van der Waals surface area contributed by atoms with Crippen molar-refractivity contribution >= 4 is 21.6 Å². The molecule has 0 heterocycles. The van der Waals surface area contributed by atoms with Gasteiger partial charge in [0.05, 0.1) is 6.04 Å². The van der Waals surface area contributed by atoms with E-state index in [1.54, 1.807) is 6.07 Å². The minimum atomic E-state index is -0.253. The number of hydrogen-bond donors (Lipinski definition) is 1. The van der Waals surface area contributed by atoms with Crippen LogP contribution in [0.2, 0.25) is 0 Å². The van der Waals surface area contributed by atoms with Gasteiger partial charge < -0.3 is 10.6 Å². The lowest BCUT2D eigenvalue weighted by Gasteiger charge is -2.30. The van der Waals surface area contributed by atoms with Gasteiger partial charge in [0, 0.05) is 23.8 Å². The second kappa shape index (κ2) is 7.05. The molecule has 2 aromatic carbocycles. The molecule has 2 nitrogen and oxygen atoms in total. The van der Waals surface area contributed by atoms with Crippen molar-refractivity contribution in [1.29, 1.82) is 0 Å². The van der Waals surface area contributed by atoms with Gasteiger partial charge >= 0.3 is 0 Å². The Hall–Kier alpha value is -1.39. The first-order valence-corrected chi connectivity index (χ1v) is 7.83. The summed E-state index contributed by atoms with van der Waals surface area (Å²) in [5, 5.41) is 0. The van der Waals surface area contributed by atoms with E-state index in [4.69, 9.17) is 5.73 Å². The summed E-state index contributed by atoms with van der Waals surface area (Å²) < 4.78 is 14.0. The van der Waals surface area contributed by atoms with Crippen LogP contribution in [0.4, 0.5) is 10.1 Å². The first-order chi connectivity index (χ1) is 10.1. The van der Waals surface area contributed by atoms with Crippen molar-refractivity contribution in [1.82, 2.24) is 0 Å². The third-order valence-electron chi connectivity index (χ3n) is 3.76. The van der Waals surface area contributed by atoms with Crippen LogP contribution >= 0.6 is 15.9 Å². The monoisotopic (exact) mass is 350 g/mol. The van der Waals surface area contributed by atoms with E-state index < -0.39 is 0 Å². The van der Waals surface area contributed by atoms with Gasteiger partial charge in [0.25, 0.3) is 0 Å². The van der Waals surface area contributed by atoms with Gasteiger partial charge in [-0.3, -0.25) is 0 Å². The summed E-state index contributed by atoms with van der Waals surface area (Å²) in [5.41, 5.74) is 9.34. The Morgan fingerprint density at radius 2 is 1.86 bits per heavy atom. The summed E-state index contributed by atoms with van der Waals surface area (Å²) in [6, 6.07) is 13.2. The van der Waals surface area contributed by atoms with Crippen LogP contribution in [0, 0.1) is 5.82 Å². The predicted molar refractivity (Wildman–Crippen MR) is 90.1 cm³/mol. The van der Waals surface area contributed by atoms with E-state index in [0.29, 0.717) is 6.54 Å². The summed E-state index contributed by atoms with van der Waals surface area (Å²) in [4.78, 5) is 2.12. The molecule has 1 atom stereocenters. The number of halogens is 2. The third kappa shape index (κ3) is 3.63. The molecule has 0 aliphatic heterocycles. The van der Waals surface area contributed by atoms with Crippen LogP contribution in [0.3, 0.4) is 0 Å². The number of likely N-dealkylation sites (N-methyl/N-ethyl adjacent to an activating group) is 1. The summed E-state index contributed by atoms with van der Waals surface area (Å²) in [5.74, 6) is -0.253. The zero-order chi connectivity index (χ0) is 15.4. The van der Waals surface area contributed by atoms with E-state index >= 15 is 0 Å². The van der Waals surface area contributed by atoms with Crippen LogP contribution in [0.1, 0.15) is 24.1 Å². The fourth-order valence-corrected chi connectivity index (χ4v) is 3.03. The van der Waals surface area contributed by atoms with Crippen LogP contribution in [0.5, 0.6) is 0 Å². The molecule has 4 heteroatoms. The number of hydrogen-bond acceptors (Lipinski definition) is 2. The number of nitrogens with zero attached hydrogens (tertiary/aromatic N) is 1. The van der Waals surface area contributed by atoms with E-state index in [1.807, 2.05) is 7.05 Å². The Balaban J connectivity index is 2.30. The lowest BCUT2D eigenvalue weighted by molar-refractivity contribution is 0.620. The normalized spacial score (nSPS) is 12.2. The van der Waals surface area contributed by atoms with Crippen molar-refractivity contribution in [3.05, 3.63) is 63.9 Å². The Morgan fingerprint density at radius 1 is 1.19 bits per heavy atom. The molecule has 2 aromatic rings. The molecule has 2 N–H and O–H groups in total. The highest BCUT2D eigenvalue weighted by molar-refractivity contribution is 9.10. The highest BCUT2D eigenvalue weighted by atomic mass is 79.9. The molecule has 1 unspecified atom stereocenters. The average Bonchev–Trinajstić information content (AvgIpc) is 2.50. The lowest BCUT2D eigenvalue weighted by Crippen LogP contribution is -2.30. The minimum Gasteiger partial charge on any atom is -0.366 e. The number of anilines is 1. The smallest absolute Gasteiger partial charge is 0.124 e. The quantitative estimate of drug-likeness (QED) is 0.871. The largest absolute Gasteiger partial charge is 0.366 e. The Labute approximate surface area is 133 Å². The molecule has 0 spiro atoms. The Morgan fingerprint density at radius 3 is 2.38 bits per heavy atom. The maximum absolute atomic E-state index is 13.2. The first-order valence-electron chi connectivity index (χ1n) is 7.03. The number of rotatable bonds is 5. The molecule has 112 valence electrons. The fraction of sp³-hybridized carbons (Fsp3) is 0.294. The van der Waals surface area contributed by atoms with Crippen molar-refractivity contribution in [2.75, 3.05) is 18.5 Å². The van der Waals surface area contributed by atoms with Crippen LogP contribution in [0.15, 0.2) is 46.9 Å². The SMILES string of the molecule is CCc1ccc(N(C)C(CN)c2ccc(F)cc2Br)cc1. The summed E-state index contributed by atoms with van der Waals surface area (Å²) in [7, 11) is 2.01. The fourth-order valence-electron chi connectivity index (χ4n) is 2.41. The highest BCUT2D eigenvalue weighted by Gasteiger charge is 2.18. The van der Waals surface area contributed by atoms with Gasteiger partial charge in [0.15, 0.2) is 0 Å². The molecule has 21 heavy (non-hydrogen) atoms. The van der Waals surface area contributed by atoms with Crippen molar-refractivity contribution in [2.24, 2.45) is 5.73 Å². The van der Waals surface area contributed by atoms with E-state index in [9.17, 15) is 4.39 Å². The first kappa shape index (κ1) is 16.0. The van der Waals surface area contributed by atoms with Crippen LogP contribution in [-0.2, 0) is 6.42 Å². The highest BCUT2D eigenvalue weighted by Crippen LogP contribution is 2.30. The van der Waals surface area contributed by atoms with Crippen molar-refractivity contribution < 1.29 is 4.39 Å². The molecule has 0 aliphatic carbocycles. The minimum absolute atomic E-state index is 0.00699. The maximum atomic E-state index is 13.2. The van der Waals surface area contributed by atoms with Gasteiger partial charge in [-0.1, -0.05) is 41.1 Å². The summed E-state index contributed by atoms with van der Waals surface area (Å²) >= 11 is 3.43. The molecule has 0 aromatic heterocycles. The van der Waals surface area contributed by atoms with Crippen LogP contribution < -0.4 is 10.6 Å². The van der Waals surface area contributed by atoms with Gasteiger partial charge in [-0.25, -0.2) is 4.39 Å². The molecular weight excluding hydrogens is 331 g/mol. The van der Waals surface area contributed by atoms with Gasteiger partial charge in [-0.15, -0.1) is 0 Å². The van der Waals surface area contributed by atoms with E-state index in [0.717, 1.165) is 22.1 Å². The van der Waals surface area contributed by atoms with Crippen LogP contribution in [0.25, 0.3) is 0 Å². The number of aryl methyl sites for hydroxylation is 1. The predicted octanol–water partition coefficient (Wildman–Crippen LogP) is 4.29. The zero-order valence-corrected chi connectivity index (χ0v) is 13.9. The zero-order valence-electron chi connectivity index (χ0n) is 12.3. The van der Waals surface area contributed by atoms with E-state index in [1.165, 1.54) is 17.7 Å². The molecule has 2 rings (SSSR count). The van der Waals surface area contributed by atoms with Gasteiger partial charge in [-0.05, 0) is 41.8 Å².